The first kappa shape index (κ1) is 40.7. The monoisotopic (exact) mass is 749 g/mol. The smallest absolute Gasteiger partial charge is 0.460 e. The number of unbranched alkanes of at least 4 members (excludes halogenated alkanes) is 2. The second-order valence-corrected chi connectivity index (χ2v) is 14.6. The van der Waals surface area contributed by atoms with E-state index in [1.165, 1.54) is 18.0 Å². The lowest BCUT2D eigenvalue weighted by atomic mass is 9.51. The van der Waals surface area contributed by atoms with Crippen LogP contribution in [0.5, 0.6) is 5.75 Å². The third kappa shape index (κ3) is 6.79. The molecule has 0 spiro atoms. The first-order valence-electron chi connectivity index (χ1n) is 16.5. The van der Waals surface area contributed by atoms with Gasteiger partial charge in [-0.15, -0.1) is 0 Å². The van der Waals surface area contributed by atoms with Crippen molar-refractivity contribution in [1.82, 2.24) is 4.90 Å². The Morgan fingerprint density at radius 3 is 2.02 bits per heavy atom. The molecule has 0 aromatic heterocycles. The molecule has 50 heavy (non-hydrogen) atoms. The largest absolute Gasteiger partial charge is 0.508 e. The number of aliphatic hydroxyl groups excluding tert-OH is 1. The standard InChI is InChI=1S/C33H41F14NO2/c1-27-17-23(34)26-21-9-8-20(49)16-19(21)15-18(25(26)22(27)10-11-24(27)50)7-4-3-5-13-48(2)14-6-12-28(35,36)29(37,38)30(39,40)31(41,42)32(43,44)33(45,46)47/h8-9,16,18,22-26,49-50H,3-7,10-15,17H2,1-2H3/t18-,22+,23+,24+,25+,26+,27+/m1/s1. The lowest BCUT2D eigenvalue weighted by Gasteiger charge is -2.54. The van der Waals surface area contributed by atoms with Crippen molar-refractivity contribution in [1.29, 1.82) is 0 Å². The molecule has 288 valence electrons. The summed E-state index contributed by atoms with van der Waals surface area (Å²) in [6.07, 6.45) is -7.96. The van der Waals surface area contributed by atoms with E-state index in [9.17, 15) is 67.3 Å². The molecular formula is C33H41F14NO2. The van der Waals surface area contributed by atoms with E-state index in [2.05, 4.69) is 0 Å². The van der Waals surface area contributed by atoms with Crippen LogP contribution < -0.4 is 0 Å². The highest BCUT2D eigenvalue weighted by Gasteiger charge is 2.90. The molecule has 0 amide bonds. The van der Waals surface area contributed by atoms with Crippen LogP contribution in [0.1, 0.15) is 81.8 Å². The van der Waals surface area contributed by atoms with Crippen LogP contribution in [-0.2, 0) is 6.42 Å². The van der Waals surface area contributed by atoms with Crippen LogP contribution in [0, 0.1) is 23.2 Å². The topological polar surface area (TPSA) is 43.7 Å². The molecule has 2 fully saturated rings. The maximum Gasteiger partial charge on any atom is 0.460 e. The van der Waals surface area contributed by atoms with Crippen LogP contribution in [0.15, 0.2) is 18.2 Å². The van der Waals surface area contributed by atoms with Gasteiger partial charge in [-0.1, -0.05) is 25.8 Å². The summed E-state index contributed by atoms with van der Waals surface area (Å²) in [4.78, 5) is 1.36. The van der Waals surface area contributed by atoms with Gasteiger partial charge in [-0.05, 0) is 112 Å². The van der Waals surface area contributed by atoms with Gasteiger partial charge in [0.1, 0.15) is 11.9 Å². The molecular weight excluding hydrogens is 708 g/mol. The summed E-state index contributed by atoms with van der Waals surface area (Å²) in [6, 6.07) is 4.94. The molecule has 0 bridgehead atoms. The summed E-state index contributed by atoms with van der Waals surface area (Å²) in [5.74, 6) is -37.0. The Labute approximate surface area is 280 Å². The molecule has 1 aromatic carbocycles. The molecule has 3 aliphatic rings. The predicted molar refractivity (Wildman–Crippen MR) is 154 cm³/mol. The fraction of sp³-hybridized carbons (Fsp3) is 0.818. The highest BCUT2D eigenvalue weighted by molar-refractivity contribution is 5.41. The zero-order valence-electron chi connectivity index (χ0n) is 27.3. The molecule has 1 aromatic rings. The van der Waals surface area contributed by atoms with Gasteiger partial charge < -0.3 is 15.1 Å². The molecule has 7 atom stereocenters. The maximum absolute atomic E-state index is 15.9. The van der Waals surface area contributed by atoms with Crippen molar-refractivity contribution < 1.29 is 71.7 Å². The van der Waals surface area contributed by atoms with Gasteiger partial charge in [0.15, 0.2) is 0 Å². The Hall–Kier alpha value is -2.04. The van der Waals surface area contributed by atoms with E-state index in [-0.39, 0.29) is 36.5 Å². The Morgan fingerprint density at radius 2 is 1.40 bits per heavy atom. The van der Waals surface area contributed by atoms with E-state index in [4.69, 9.17) is 0 Å². The number of aromatic hydroxyl groups is 1. The molecule has 2 N–H and O–H groups in total. The van der Waals surface area contributed by atoms with Gasteiger partial charge in [-0.3, -0.25) is 0 Å². The van der Waals surface area contributed by atoms with Gasteiger partial charge in [0.2, 0.25) is 0 Å². The van der Waals surface area contributed by atoms with Crippen LogP contribution in [0.2, 0.25) is 0 Å². The quantitative estimate of drug-likeness (QED) is 0.147. The number of nitrogens with zero attached hydrogens (tertiary/aromatic N) is 1. The Balaban J connectivity index is 1.30. The maximum atomic E-state index is 15.9. The van der Waals surface area contributed by atoms with Crippen molar-refractivity contribution in [2.75, 3.05) is 20.1 Å². The normalized spacial score (nSPS) is 29.6. The van der Waals surface area contributed by atoms with Gasteiger partial charge >= 0.3 is 35.8 Å². The van der Waals surface area contributed by atoms with Gasteiger partial charge in [0.25, 0.3) is 0 Å². The Bertz CT molecular complexity index is 1340. The van der Waals surface area contributed by atoms with Gasteiger partial charge in [0, 0.05) is 12.3 Å². The summed E-state index contributed by atoms with van der Waals surface area (Å²) < 4.78 is 189. The molecule has 3 aliphatic carbocycles. The number of phenolic OH excluding ortho intramolecular Hbond substituents is 1. The predicted octanol–water partition coefficient (Wildman–Crippen LogP) is 9.79. The van der Waals surface area contributed by atoms with E-state index >= 15 is 4.39 Å². The number of aliphatic hydroxyl groups is 1. The number of phenols is 1. The highest BCUT2D eigenvalue weighted by atomic mass is 19.4. The third-order valence-electron chi connectivity index (χ3n) is 11.4. The summed E-state index contributed by atoms with van der Waals surface area (Å²) in [5.41, 5.74) is 1.15. The molecule has 0 unspecified atom stereocenters. The van der Waals surface area contributed by atoms with E-state index in [0.29, 0.717) is 38.5 Å². The first-order valence-corrected chi connectivity index (χ1v) is 16.5. The number of hydrogen-bond donors (Lipinski definition) is 2. The van der Waals surface area contributed by atoms with E-state index in [1.807, 2.05) is 6.92 Å². The molecule has 0 saturated heterocycles. The SMILES string of the molecule is CN(CCCCC[C@@H]1Cc2cc(O)ccc2[C@@H]2[C@@H]1[C@@H]1CC[C@H](O)[C@@]1(C)C[C@@H]2F)CCCC(F)(F)C(F)(F)C(F)(F)C(F)(F)C(F)(F)C(F)(F)F. The zero-order chi connectivity index (χ0) is 37.9. The minimum atomic E-state index is -7.89. The average Bonchev–Trinajstić information content (AvgIpc) is 3.28. The lowest BCUT2D eigenvalue weighted by Crippen LogP contribution is -2.70. The second kappa shape index (κ2) is 13.7. The van der Waals surface area contributed by atoms with Gasteiger partial charge in [-0.25, -0.2) is 4.39 Å². The van der Waals surface area contributed by atoms with Crippen LogP contribution >= 0.6 is 0 Å². The van der Waals surface area contributed by atoms with Crippen LogP contribution in [0.4, 0.5) is 61.5 Å². The summed E-state index contributed by atoms with van der Waals surface area (Å²) in [6.45, 7) is 1.68. The van der Waals surface area contributed by atoms with Crippen molar-refractivity contribution in [3.8, 4) is 5.75 Å². The van der Waals surface area contributed by atoms with E-state index < -0.39 is 78.8 Å². The second-order valence-electron chi connectivity index (χ2n) is 14.6. The van der Waals surface area contributed by atoms with Crippen molar-refractivity contribution in [3.63, 3.8) is 0 Å². The van der Waals surface area contributed by atoms with Crippen LogP contribution in [0.3, 0.4) is 0 Å². The van der Waals surface area contributed by atoms with Crippen molar-refractivity contribution >= 4 is 0 Å². The molecule has 2 saturated carbocycles. The Morgan fingerprint density at radius 1 is 0.800 bits per heavy atom. The average molecular weight is 750 g/mol. The third-order valence-corrected chi connectivity index (χ3v) is 11.4. The number of benzene rings is 1. The fourth-order valence-electron chi connectivity index (χ4n) is 8.64. The summed E-state index contributed by atoms with van der Waals surface area (Å²) >= 11 is 0. The van der Waals surface area contributed by atoms with Crippen molar-refractivity contribution in [2.45, 2.75) is 125 Å². The minimum Gasteiger partial charge on any atom is -0.508 e. The molecule has 0 radical (unpaired) electrons. The highest BCUT2D eigenvalue weighted by Crippen LogP contribution is 2.64. The van der Waals surface area contributed by atoms with Gasteiger partial charge in [-0.2, -0.15) is 57.1 Å². The zero-order valence-corrected chi connectivity index (χ0v) is 27.3. The number of rotatable bonds is 14. The number of alkyl halides is 14. The van der Waals surface area contributed by atoms with Crippen LogP contribution in [0.25, 0.3) is 0 Å². The first-order chi connectivity index (χ1) is 22.7. The summed E-state index contributed by atoms with van der Waals surface area (Å²) in [5, 5.41) is 20.9. The fourth-order valence-corrected chi connectivity index (χ4v) is 8.64. The van der Waals surface area contributed by atoms with Crippen LogP contribution in [-0.4, -0.2) is 83.3 Å². The molecule has 0 aliphatic heterocycles. The number of fused-ring (bicyclic) bond motifs is 5. The Kier molecular flexibility index (Phi) is 11.2. The van der Waals surface area contributed by atoms with Crippen molar-refractivity contribution in [2.24, 2.45) is 23.2 Å². The molecule has 0 heterocycles. The minimum absolute atomic E-state index is 0.0330. The summed E-state index contributed by atoms with van der Waals surface area (Å²) in [7, 11) is 1.37. The van der Waals surface area contributed by atoms with E-state index in [1.54, 1.807) is 12.1 Å². The molecule has 3 nitrogen and oxygen atoms in total. The molecule has 4 rings (SSSR count). The van der Waals surface area contributed by atoms with Crippen molar-refractivity contribution in [3.05, 3.63) is 29.3 Å². The van der Waals surface area contributed by atoms with E-state index in [0.717, 1.165) is 17.5 Å². The number of hydrogen-bond acceptors (Lipinski definition) is 3. The molecule has 17 heteroatoms. The number of halogens is 14. The van der Waals surface area contributed by atoms with Gasteiger partial charge in [0.05, 0.1) is 6.10 Å². The lowest BCUT2D eigenvalue weighted by molar-refractivity contribution is -0.440.